The second-order valence-corrected chi connectivity index (χ2v) is 9.73. The number of halogens is 1. The maximum Gasteiger partial charge on any atom is 0.410 e. The second kappa shape index (κ2) is 7.32. The molecule has 2 aliphatic rings. The Hall–Kier alpha value is -2.51. The van der Waals surface area contributed by atoms with Gasteiger partial charge < -0.3 is 19.5 Å². The summed E-state index contributed by atoms with van der Waals surface area (Å²) in [5, 5.41) is 0. The van der Waals surface area contributed by atoms with Crippen molar-refractivity contribution in [3.8, 4) is 0 Å². The summed E-state index contributed by atoms with van der Waals surface area (Å²) in [6, 6.07) is 3.20. The molecule has 1 aromatic heterocycles. The molecule has 30 heavy (non-hydrogen) atoms. The molecule has 0 bridgehead atoms. The van der Waals surface area contributed by atoms with Crippen molar-refractivity contribution in [3.63, 3.8) is 0 Å². The predicted molar refractivity (Wildman–Crippen MR) is 114 cm³/mol. The third-order valence-corrected chi connectivity index (χ3v) is 6.62. The van der Waals surface area contributed by atoms with E-state index in [-0.39, 0.29) is 22.7 Å². The van der Waals surface area contributed by atoms with Crippen molar-refractivity contribution in [2.45, 2.75) is 52.1 Å². The molecule has 2 saturated heterocycles. The minimum absolute atomic E-state index is 0.225. The fourth-order valence-corrected chi connectivity index (χ4v) is 4.77. The number of anilines is 1. The number of hydrogen-bond donors (Lipinski definition) is 1. The fraction of sp³-hybridized carbons (Fsp3) is 0.636. The Morgan fingerprint density at radius 2 is 1.70 bits per heavy atom. The number of likely N-dealkylation sites (tertiary alicyclic amines) is 1. The molecular weight excluding hydrogens is 387 g/mol. The number of carbonyl (C=O) groups excluding carboxylic acids is 1. The lowest BCUT2D eigenvalue weighted by Gasteiger charge is -2.47. The first-order valence-corrected chi connectivity index (χ1v) is 10.7. The van der Waals surface area contributed by atoms with Gasteiger partial charge in [0.15, 0.2) is 0 Å². The summed E-state index contributed by atoms with van der Waals surface area (Å²) >= 11 is 0. The molecule has 2 fully saturated rings. The van der Waals surface area contributed by atoms with Gasteiger partial charge in [0, 0.05) is 33.2 Å². The number of nitrogens with zero attached hydrogens (tertiary/aromatic N) is 3. The van der Waals surface area contributed by atoms with Crippen LogP contribution in [0.3, 0.4) is 0 Å². The molecule has 1 N–H and O–H groups in total. The van der Waals surface area contributed by atoms with Gasteiger partial charge in [-0.15, -0.1) is 0 Å². The highest BCUT2D eigenvalue weighted by Crippen LogP contribution is 2.43. The number of aromatic amines is 1. The van der Waals surface area contributed by atoms with E-state index in [2.05, 4.69) is 9.88 Å². The molecule has 1 spiro atoms. The van der Waals surface area contributed by atoms with Crippen LogP contribution in [0, 0.1) is 11.2 Å². The van der Waals surface area contributed by atoms with E-state index in [1.807, 2.05) is 25.7 Å². The number of amides is 1. The number of piperidine rings is 2. The molecule has 1 amide bonds. The van der Waals surface area contributed by atoms with E-state index in [1.54, 1.807) is 13.1 Å². The number of aromatic nitrogens is 2. The molecule has 2 aromatic rings. The molecule has 0 saturated carbocycles. The highest BCUT2D eigenvalue weighted by Gasteiger charge is 2.39. The molecule has 3 heterocycles. The van der Waals surface area contributed by atoms with Crippen molar-refractivity contribution in [1.29, 1.82) is 0 Å². The predicted octanol–water partition coefficient (Wildman–Crippen LogP) is 3.62. The van der Waals surface area contributed by atoms with Crippen LogP contribution in [0.2, 0.25) is 0 Å². The Kier molecular flexibility index (Phi) is 5.06. The molecule has 1 aromatic carbocycles. The molecule has 7 nitrogen and oxygen atoms in total. The number of rotatable bonds is 1. The number of aryl methyl sites for hydroxylation is 1. The molecular formula is C22H31FN4O3. The monoisotopic (exact) mass is 418 g/mol. The van der Waals surface area contributed by atoms with Crippen LogP contribution in [0.1, 0.15) is 46.5 Å². The third-order valence-electron chi connectivity index (χ3n) is 6.62. The van der Waals surface area contributed by atoms with Gasteiger partial charge in [0.2, 0.25) is 0 Å². The van der Waals surface area contributed by atoms with Crippen LogP contribution < -0.4 is 10.6 Å². The van der Waals surface area contributed by atoms with Crippen LogP contribution in [-0.4, -0.2) is 52.3 Å². The van der Waals surface area contributed by atoms with Gasteiger partial charge in [-0.1, -0.05) is 0 Å². The van der Waals surface area contributed by atoms with Crippen LogP contribution in [0.5, 0.6) is 0 Å². The highest BCUT2D eigenvalue weighted by atomic mass is 19.1. The van der Waals surface area contributed by atoms with E-state index >= 15 is 0 Å². The van der Waals surface area contributed by atoms with Crippen molar-refractivity contribution < 1.29 is 13.9 Å². The highest BCUT2D eigenvalue weighted by molar-refractivity contribution is 5.89. The maximum absolute atomic E-state index is 14.2. The smallest absolute Gasteiger partial charge is 0.410 e. The van der Waals surface area contributed by atoms with E-state index in [4.69, 9.17) is 4.74 Å². The number of carbonyl (C=O) groups is 1. The topological polar surface area (TPSA) is 70.6 Å². The summed E-state index contributed by atoms with van der Waals surface area (Å²) in [5.74, 6) is -0.408. The van der Waals surface area contributed by atoms with Gasteiger partial charge in [0.25, 0.3) is 0 Å². The number of benzene rings is 1. The Balaban J connectivity index is 1.43. The zero-order valence-corrected chi connectivity index (χ0v) is 18.3. The van der Waals surface area contributed by atoms with E-state index in [0.717, 1.165) is 57.5 Å². The number of ether oxygens (including phenoxy) is 1. The number of fused-ring (bicyclic) bond motifs is 1. The zero-order chi connectivity index (χ0) is 21.7. The molecule has 0 atom stereocenters. The van der Waals surface area contributed by atoms with E-state index in [0.29, 0.717) is 5.52 Å². The van der Waals surface area contributed by atoms with E-state index < -0.39 is 11.4 Å². The van der Waals surface area contributed by atoms with Gasteiger partial charge >= 0.3 is 11.8 Å². The van der Waals surface area contributed by atoms with Gasteiger partial charge in [-0.2, -0.15) is 0 Å². The van der Waals surface area contributed by atoms with Gasteiger partial charge in [0.1, 0.15) is 16.9 Å². The first kappa shape index (κ1) is 20.8. The maximum atomic E-state index is 14.2. The summed E-state index contributed by atoms with van der Waals surface area (Å²) in [5.41, 5.74) is 1.24. The molecule has 164 valence electrons. The molecule has 4 rings (SSSR count). The zero-order valence-electron chi connectivity index (χ0n) is 18.3. The van der Waals surface area contributed by atoms with Crippen LogP contribution >= 0.6 is 0 Å². The van der Waals surface area contributed by atoms with Gasteiger partial charge in [-0.05, 0) is 64.0 Å². The quantitative estimate of drug-likeness (QED) is 0.768. The Labute approximate surface area is 175 Å². The van der Waals surface area contributed by atoms with Crippen LogP contribution in [0.25, 0.3) is 11.0 Å². The van der Waals surface area contributed by atoms with Crippen molar-refractivity contribution in [2.24, 2.45) is 12.5 Å². The SMILES string of the molecule is Cn1c(=O)[nH]c2c(F)ccc(N3CCC4(CCN(C(=O)OC(C)(C)C)CC4)CC3)c21. The minimum atomic E-state index is -0.476. The molecule has 0 radical (unpaired) electrons. The normalized spacial score (nSPS) is 19.5. The Morgan fingerprint density at radius 3 is 2.30 bits per heavy atom. The molecule has 8 heteroatoms. The number of imidazole rings is 1. The van der Waals surface area contributed by atoms with Gasteiger partial charge in [-0.3, -0.25) is 4.57 Å². The largest absolute Gasteiger partial charge is 0.444 e. The summed E-state index contributed by atoms with van der Waals surface area (Å²) in [4.78, 5) is 31.1. The Morgan fingerprint density at radius 1 is 1.10 bits per heavy atom. The minimum Gasteiger partial charge on any atom is -0.444 e. The first-order chi connectivity index (χ1) is 14.1. The molecule has 0 unspecified atom stereocenters. The number of hydrogen-bond acceptors (Lipinski definition) is 4. The van der Waals surface area contributed by atoms with E-state index in [1.165, 1.54) is 10.6 Å². The summed E-state index contributed by atoms with van der Waals surface area (Å²) in [7, 11) is 1.67. The van der Waals surface area contributed by atoms with Crippen molar-refractivity contribution in [3.05, 3.63) is 28.4 Å². The molecule has 0 aliphatic carbocycles. The fourth-order valence-electron chi connectivity index (χ4n) is 4.77. The number of H-pyrrole nitrogens is 1. The van der Waals surface area contributed by atoms with Crippen LogP contribution in [-0.2, 0) is 11.8 Å². The van der Waals surface area contributed by atoms with Crippen molar-refractivity contribution in [2.75, 3.05) is 31.1 Å². The lowest BCUT2D eigenvalue weighted by Crippen LogP contribution is -2.49. The Bertz CT molecular complexity index is 1000. The van der Waals surface area contributed by atoms with Gasteiger partial charge in [-0.25, -0.2) is 14.0 Å². The average Bonchev–Trinajstić information content (AvgIpc) is 2.98. The molecule has 2 aliphatic heterocycles. The first-order valence-electron chi connectivity index (χ1n) is 10.7. The summed E-state index contributed by atoms with van der Waals surface area (Å²) < 4.78 is 21.2. The average molecular weight is 419 g/mol. The lowest BCUT2D eigenvalue weighted by atomic mass is 9.71. The van der Waals surface area contributed by atoms with Crippen LogP contribution in [0.15, 0.2) is 16.9 Å². The number of nitrogens with one attached hydrogen (secondary N) is 1. The third kappa shape index (κ3) is 3.79. The summed E-state index contributed by atoms with van der Waals surface area (Å²) in [6.45, 7) is 8.82. The van der Waals surface area contributed by atoms with E-state index in [9.17, 15) is 14.0 Å². The van der Waals surface area contributed by atoms with Crippen LogP contribution in [0.4, 0.5) is 14.9 Å². The second-order valence-electron chi connectivity index (χ2n) is 9.73. The summed E-state index contributed by atoms with van der Waals surface area (Å²) in [6.07, 6.45) is 3.76. The van der Waals surface area contributed by atoms with Crippen molar-refractivity contribution in [1.82, 2.24) is 14.5 Å². The lowest BCUT2D eigenvalue weighted by molar-refractivity contribution is 0.00666. The standard InChI is InChI=1S/C22H31FN4O3/c1-21(2,3)30-20(29)27-13-9-22(10-14-27)7-11-26(12-8-22)16-6-5-15(23)17-18(16)25(4)19(28)24-17/h5-6H,7-14H2,1-4H3,(H,24,28). The van der Waals surface area contributed by atoms with Crippen molar-refractivity contribution >= 4 is 22.8 Å². The van der Waals surface area contributed by atoms with Gasteiger partial charge in [0.05, 0.1) is 11.2 Å².